The summed E-state index contributed by atoms with van der Waals surface area (Å²) in [5, 5.41) is 3.22. The average molecular weight is 246 g/mol. The van der Waals surface area contributed by atoms with Crippen LogP contribution in [0.1, 0.15) is 39.5 Å². The maximum atomic E-state index is 12.0. The highest BCUT2D eigenvalue weighted by molar-refractivity contribution is 7.89. The van der Waals surface area contributed by atoms with Gasteiger partial charge < -0.3 is 5.32 Å². The highest BCUT2D eigenvalue weighted by Gasteiger charge is 2.40. The van der Waals surface area contributed by atoms with Gasteiger partial charge in [0.15, 0.2) is 0 Å². The van der Waals surface area contributed by atoms with Crippen molar-refractivity contribution >= 4 is 10.0 Å². The Balaban J connectivity index is 1.91. The number of hydrogen-bond donors (Lipinski definition) is 2. The lowest BCUT2D eigenvalue weighted by Gasteiger charge is -2.26. The summed E-state index contributed by atoms with van der Waals surface area (Å²) in [5.74, 6) is 0.752. The summed E-state index contributed by atoms with van der Waals surface area (Å²) < 4.78 is 26.8. The Morgan fingerprint density at radius 2 is 2.00 bits per heavy atom. The Bertz CT molecular complexity index is 341. The average Bonchev–Trinajstić information content (AvgIpc) is 2.86. The lowest BCUT2D eigenvalue weighted by atomic mass is 10.0. The van der Waals surface area contributed by atoms with E-state index in [1.54, 1.807) is 0 Å². The van der Waals surface area contributed by atoms with Crippen LogP contribution in [0.5, 0.6) is 0 Å². The molecule has 0 spiro atoms. The lowest BCUT2D eigenvalue weighted by Crippen LogP contribution is -2.48. The molecule has 0 radical (unpaired) electrons. The summed E-state index contributed by atoms with van der Waals surface area (Å²) in [7, 11) is -3.14. The van der Waals surface area contributed by atoms with E-state index < -0.39 is 10.0 Å². The highest BCUT2D eigenvalue weighted by atomic mass is 32.2. The van der Waals surface area contributed by atoms with Crippen molar-refractivity contribution in [3.63, 3.8) is 0 Å². The summed E-state index contributed by atoms with van der Waals surface area (Å²) in [6.07, 6.45) is 4.37. The molecule has 0 amide bonds. The van der Waals surface area contributed by atoms with Crippen LogP contribution in [0.15, 0.2) is 0 Å². The van der Waals surface area contributed by atoms with Gasteiger partial charge in [-0.25, -0.2) is 13.1 Å². The fourth-order valence-corrected chi connectivity index (χ4v) is 4.36. The third-order valence-electron chi connectivity index (χ3n) is 3.60. The minimum Gasteiger partial charge on any atom is -0.313 e. The summed E-state index contributed by atoms with van der Waals surface area (Å²) in [5.41, 5.74) is -0.266. The summed E-state index contributed by atoms with van der Waals surface area (Å²) in [4.78, 5) is 0. The molecule has 1 atom stereocenters. The van der Waals surface area contributed by atoms with Crippen LogP contribution < -0.4 is 10.0 Å². The Morgan fingerprint density at radius 3 is 2.50 bits per heavy atom. The van der Waals surface area contributed by atoms with E-state index in [9.17, 15) is 8.42 Å². The van der Waals surface area contributed by atoms with E-state index >= 15 is 0 Å². The Kier molecular flexibility index (Phi) is 3.29. The minimum atomic E-state index is -3.14. The monoisotopic (exact) mass is 246 g/mol. The molecule has 1 saturated heterocycles. The maximum Gasteiger partial charge on any atom is 0.213 e. The molecule has 94 valence electrons. The van der Waals surface area contributed by atoms with Gasteiger partial charge in [0.1, 0.15) is 0 Å². The van der Waals surface area contributed by atoms with Gasteiger partial charge in [-0.15, -0.1) is 0 Å². The first-order chi connectivity index (χ1) is 7.39. The fourth-order valence-electron chi connectivity index (χ4n) is 2.49. The van der Waals surface area contributed by atoms with Gasteiger partial charge in [0.05, 0.1) is 5.75 Å². The van der Waals surface area contributed by atoms with E-state index in [1.165, 1.54) is 0 Å². The van der Waals surface area contributed by atoms with Crippen molar-refractivity contribution in [1.82, 2.24) is 10.0 Å². The van der Waals surface area contributed by atoms with Crippen LogP contribution >= 0.6 is 0 Å². The highest BCUT2D eigenvalue weighted by Crippen LogP contribution is 2.39. The van der Waals surface area contributed by atoms with Crippen molar-refractivity contribution in [3.8, 4) is 0 Å². The van der Waals surface area contributed by atoms with Crippen molar-refractivity contribution in [2.24, 2.45) is 5.92 Å². The van der Waals surface area contributed by atoms with Crippen LogP contribution in [0.25, 0.3) is 0 Å². The second kappa shape index (κ2) is 4.27. The van der Waals surface area contributed by atoms with Crippen LogP contribution in [0.4, 0.5) is 0 Å². The second-order valence-electron chi connectivity index (χ2n) is 5.67. The maximum absolute atomic E-state index is 12.0. The third kappa shape index (κ3) is 3.18. The summed E-state index contributed by atoms with van der Waals surface area (Å²) >= 11 is 0. The number of nitrogens with one attached hydrogen (secondary N) is 2. The molecule has 1 aliphatic heterocycles. The molecule has 2 aliphatic rings. The van der Waals surface area contributed by atoms with Crippen molar-refractivity contribution in [2.45, 2.75) is 51.1 Å². The summed E-state index contributed by atoms with van der Waals surface area (Å²) in [6.45, 7) is 4.93. The van der Waals surface area contributed by atoms with E-state index in [4.69, 9.17) is 0 Å². The normalized spacial score (nSPS) is 27.2. The van der Waals surface area contributed by atoms with Gasteiger partial charge in [0.2, 0.25) is 10.0 Å². The predicted octanol–water partition coefficient (Wildman–Crippen LogP) is 0.846. The van der Waals surface area contributed by atoms with Gasteiger partial charge in [0, 0.05) is 11.6 Å². The van der Waals surface area contributed by atoms with Crippen LogP contribution in [0, 0.1) is 5.92 Å². The molecule has 1 unspecified atom stereocenters. The number of sulfonamides is 1. The zero-order valence-corrected chi connectivity index (χ0v) is 10.9. The number of rotatable bonds is 5. The van der Waals surface area contributed by atoms with Crippen LogP contribution in [-0.4, -0.2) is 32.3 Å². The van der Waals surface area contributed by atoms with Crippen molar-refractivity contribution in [3.05, 3.63) is 0 Å². The SMILES string of the molecule is CC(C)(NS(=O)(=O)CC1CCCN1)C1CC1. The van der Waals surface area contributed by atoms with Gasteiger partial charge in [-0.05, 0) is 52.0 Å². The molecule has 4 nitrogen and oxygen atoms in total. The van der Waals surface area contributed by atoms with Crippen LogP contribution in [0.3, 0.4) is 0 Å². The molecule has 1 saturated carbocycles. The Labute approximate surface area is 98.2 Å². The van der Waals surface area contributed by atoms with Crippen molar-refractivity contribution in [2.75, 3.05) is 12.3 Å². The molecular formula is C11H22N2O2S. The van der Waals surface area contributed by atoms with Crippen molar-refractivity contribution < 1.29 is 8.42 Å². The quantitative estimate of drug-likeness (QED) is 0.756. The standard InChI is InChI=1S/C11H22N2O2S/c1-11(2,9-5-6-9)13-16(14,15)8-10-4-3-7-12-10/h9-10,12-13H,3-8H2,1-2H3. The lowest BCUT2D eigenvalue weighted by molar-refractivity contribution is 0.399. The largest absolute Gasteiger partial charge is 0.313 e. The Hall–Kier alpha value is -0.130. The van der Waals surface area contributed by atoms with Gasteiger partial charge >= 0.3 is 0 Å². The second-order valence-corrected chi connectivity index (χ2v) is 7.44. The Morgan fingerprint density at radius 1 is 1.31 bits per heavy atom. The van der Waals surface area contributed by atoms with E-state index in [0.717, 1.165) is 32.2 Å². The van der Waals surface area contributed by atoms with Crippen LogP contribution in [0.2, 0.25) is 0 Å². The van der Waals surface area contributed by atoms with E-state index in [2.05, 4.69) is 10.0 Å². The first-order valence-electron chi connectivity index (χ1n) is 6.14. The van der Waals surface area contributed by atoms with E-state index in [-0.39, 0.29) is 17.3 Å². The van der Waals surface area contributed by atoms with Gasteiger partial charge in [-0.2, -0.15) is 0 Å². The van der Waals surface area contributed by atoms with Gasteiger partial charge in [-0.1, -0.05) is 0 Å². The van der Waals surface area contributed by atoms with Gasteiger partial charge in [-0.3, -0.25) is 0 Å². The number of hydrogen-bond acceptors (Lipinski definition) is 3. The van der Waals surface area contributed by atoms with E-state index in [0.29, 0.717) is 5.92 Å². The third-order valence-corrected chi connectivity index (χ3v) is 5.28. The molecule has 2 fully saturated rings. The molecule has 2 rings (SSSR count). The first-order valence-corrected chi connectivity index (χ1v) is 7.79. The predicted molar refractivity (Wildman–Crippen MR) is 64.8 cm³/mol. The molecule has 0 bridgehead atoms. The molecule has 0 aromatic rings. The topological polar surface area (TPSA) is 58.2 Å². The van der Waals surface area contributed by atoms with Crippen LogP contribution in [-0.2, 0) is 10.0 Å². The zero-order valence-electron chi connectivity index (χ0n) is 10.1. The van der Waals surface area contributed by atoms with E-state index in [1.807, 2.05) is 13.8 Å². The molecule has 0 aromatic heterocycles. The molecule has 5 heteroatoms. The van der Waals surface area contributed by atoms with Gasteiger partial charge in [0.25, 0.3) is 0 Å². The molecule has 2 N–H and O–H groups in total. The van der Waals surface area contributed by atoms with Crippen molar-refractivity contribution in [1.29, 1.82) is 0 Å². The fraction of sp³-hybridized carbons (Fsp3) is 1.00. The molecule has 1 aliphatic carbocycles. The smallest absolute Gasteiger partial charge is 0.213 e. The molecule has 16 heavy (non-hydrogen) atoms. The molecular weight excluding hydrogens is 224 g/mol. The first kappa shape index (κ1) is 12.3. The summed E-state index contributed by atoms with van der Waals surface area (Å²) in [6, 6.07) is 0.146. The zero-order chi connectivity index (χ0) is 11.8. The molecule has 1 heterocycles. The molecule has 0 aromatic carbocycles. The minimum absolute atomic E-state index is 0.146.